The molecule has 0 heterocycles. The number of hydrogen-bond donors (Lipinski definition) is 1. The second kappa shape index (κ2) is 8.64. The van der Waals surface area contributed by atoms with Crippen molar-refractivity contribution in [3.05, 3.63) is 11.6 Å². The lowest BCUT2D eigenvalue weighted by molar-refractivity contribution is 0.336. The SMILES string of the molecule is CCCC(=CCN(CC)CC)CS. The first-order chi connectivity index (χ1) is 6.28. The van der Waals surface area contributed by atoms with Gasteiger partial charge in [-0.2, -0.15) is 12.6 Å². The molecule has 0 N–H and O–H groups in total. The third kappa shape index (κ3) is 6.17. The molecule has 0 saturated heterocycles. The maximum atomic E-state index is 4.32. The molecule has 0 aliphatic carbocycles. The molecule has 0 saturated carbocycles. The first kappa shape index (κ1) is 13.1. The highest BCUT2D eigenvalue weighted by Gasteiger charge is 1.97. The fourth-order valence-corrected chi connectivity index (χ4v) is 1.59. The van der Waals surface area contributed by atoms with Gasteiger partial charge < -0.3 is 4.90 Å². The molecule has 0 aliphatic rings. The molecule has 0 spiro atoms. The van der Waals surface area contributed by atoms with Gasteiger partial charge in [0.1, 0.15) is 0 Å². The van der Waals surface area contributed by atoms with E-state index < -0.39 is 0 Å². The average Bonchev–Trinajstić information content (AvgIpc) is 2.17. The topological polar surface area (TPSA) is 3.24 Å². The minimum absolute atomic E-state index is 0.912. The summed E-state index contributed by atoms with van der Waals surface area (Å²) in [5, 5.41) is 0. The van der Waals surface area contributed by atoms with Crippen molar-refractivity contribution in [3.8, 4) is 0 Å². The van der Waals surface area contributed by atoms with E-state index in [9.17, 15) is 0 Å². The fraction of sp³-hybridized carbons (Fsp3) is 0.818. The van der Waals surface area contributed by atoms with Crippen molar-refractivity contribution in [2.24, 2.45) is 0 Å². The van der Waals surface area contributed by atoms with Crippen molar-refractivity contribution in [1.82, 2.24) is 4.90 Å². The van der Waals surface area contributed by atoms with Gasteiger partial charge in [0.2, 0.25) is 0 Å². The van der Waals surface area contributed by atoms with Gasteiger partial charge in [-0.25, -0.2) is 0 Å². The summed E-state index contributed by atoms with van der Waals surface area (Å²) in [5.74, 6) is 0.912. The predicted molar refractivity (Wildman–Crippen MR) is 64.6 cm³/mol. The average molecular weight is 201 g/mol. The van der Waals surface area contributed by atoms with Gasteiger partial charge in [-0.1, -0.05) is 38.8 Å². The molecule has 0 radical (unpaired) electrons. The number of hydrogen-bond acceptors (Lipinski definition) is 2. The molecule has 0 amide bonds. The molecular formula is C11H23NS. The van der Waals surface area contributed by atoms with Gasteiger partial charge in [0, 0.05) is 12.3 Å². The Morgan fingerprint density at radius 3 is 2.23 bits per heavy atom. The van der Waals surface area contributed by atoms with E-state index in [0.717, 1.165) is 25.4 Å². The fourth-order valence-electron chi connectivity index (χ4n) is 1.31. The Morgan fingerprint density at radius 1 is 1.23 bits per heavy atom. The van der Waals surface area contributed by atoms with Crippen LogP contribution in [0.15, 0.2) is 11.6 Å². The molecule has 0 bridgehead atoms. The Kier molecular flexibility index (Phi) is 8.67. The third-order valence-corrected chi connectivity index (χ3v) is 2.71. The largest absolute Gasteiger partial charge is 0.300 e. The standard InChI is InChI=1S/C11H23NS/c1-4-7-11(10-13)8-9-12(5-2)6-3/h8,13H,4-7,9-10H2,1-3H3. The molecule has 2 heteroatoms. The molecule has 0 aromatic heterocycles. The second-order valence-corrected chi connectivity index (χ2v) is 3.57. The Morgan fingerprint density at radius 2 is 1.85 bits per heavy atom. The summed E-state index contributed by atoms with van der Waals surface area (Å²) in [5.41, 5.74) is 1.48. The van der Waals surface area contributed by atoms with E-state index in [1.54, 1.807) is 0 Å². The van der Waals surface area contributed by atoms with Crippen molar-refractivity contribution in [2.45, 2.75) is 33.6 Å². The smallest absolute Gasteiger partial charge is 0.0165 e. The summed E-state index contributed by atoms with van der Waals surface area (Å²) < 4.78 is 0. The van der Waals surface area contributed by atoms with Gasteiger partial charge in [0.05, 0.1) is 0 Å². The van der Waals surface area contributed by atoms with Crippen molar-refractivity contribution < 1.29 is 0 Å². The van der Waals surface area contributed by atoms with Crippen LogP contribution >= 0.6 is 12.6 Å². The lowest BCUT2D eigenvalue weighted by Gasteiger charge is -2.16. The van der Waals surface area contributed by atoms with Crippen LogP contribution in [0.3, 0.4) is 0 Å². The Hall–Kier alpha value is 0.0500. The zero-order valence-corrected chi connectivity index (χ0v) is 10.1. The highest BCUT2D eigenvalue weighted by Crippen LogP contribution is 2.06. The van der Waals surface area contributed by atoms with Crippen molar-refractivity contribution in [2.75, 3.05) is 25.4 Å². The number of nitrogens with zero attached hydrogens (tertiary/aromatic N) is 1. The zero-order valence-electron chi connectivity index (χ0n) is 9.21. The van der Waals surface area contributed by atoms with Crippen molar-refractivity contribution >= 4 is 12.6 Å². The highest BCUT2D eigenvalue weighted by molar-refractivity contribution is 7.80. The van der Waals surface area contributed by atoms with E-state index in [1.807, 2.05) is 0 Å². The van der Waals surface area contributed by atoms with Crippen LogP contribution in [-0.4, -0.2) is 30.3 Å². The summed E-state index contributed by atoms with van der Waals surface area (Å²) in [4.78, 5) is 2.42. The summed E-state index contributed by atoms with van der Waals surface area (Å²) in [6, 6.07) is 0. The molecular weight excluding hydrogens is 178 g/mol. The molecule has 13 heavy (non-hydrogen) atoms. The van der Waals surface area contributed by atoms with Crippen LogP contribution in [0.25, 0.3) is 0 Å². The van der Waals surface area contributed by atoms with Crippen LogP contribution in [0, 0.1) is 0 Å². The lowest BCUT2D eigenvalue weighted by Crippen LogP contribution is -2.23. The molecule has 0 atom stereocenters. The summed E-state index contributed by atoms with van der Waals surface area (Å²) in [6.45, 7) is 9.99. The van der Waals surface area contributed by atoms with Crippen LogP contribution in [0.4, 0.5) is 0 Å². The minimum Gasteiger partial charge on any atom is -0.300 e. The maximum Gasteiger partial charge on any atom is 0.0165 e. The van der Waals surface area contributed by atoms with Gasteiger partial charge in [0.25, 0.3) is 0 Å². The number of thiol groups is 1. The van der Waals surface area contributed by atoms with Gasteiger partial charge in [0.15, 0.2) is 0 Å². The van der Waals surface area contributed by atoms with Crippen LogP contribution < -0.4 is 0 Å². The Labute approximate surface area is 88.6 Å². The lowest BCUT2D eigenvalue weighted by atomic mass is 10.1. The van der Waals surface area contributed by atoms with Crippen LogP contribution in [0.5, 0.6) is 0 Å². The van der Waals surface area contributed by atoms with Gasteiger partial charge >= 0.3 is 0 Å². The molecule has 0 unspecified atom stereocenters. The van der Waals surface area contributed by atoms with Gasteiger partial charge in [-0.05, 0) is 19.5 Å². The third-order valence-electron chi connectivity index (χ3n) is 2.31. The second-order valence-electron chi connectivity index (χ2n) is 3.26. The molecule has 0 fully saturated rings. The van der Waals surface area contributed by atoms with E-state index in [-0.39, 0.29) is 0 Å². The van der Waals surface area contributed by atoms with Crippen LogP contribution in [-0.2, 0) is 0 Å². The Bertz CT molecular complexity index is 139. The molecule has 0 aromatic rings. The minimum atomic E-state index is 0.912. The van der Waals surface area contributed by atoms with Crippen molar-refractivity contribution in [3.63, 3.8) is 0 Å². The van der Waals surface area contributed by atoms with E-state index >= 15 is 0 Å². The first-order valence-electron chi connectivity index (χ1n) is 5.29. The summed E-state index contributed by atoms with van der Waals surface area (Å²) >= 11 is 4.32. The maximum absolute atomic E-state index is 4.32. The summed E-state index contributed by atoms with van der Waals surface area (Å²) in [6.07, 6.45) is 4.76. The van der Waals surface area contributed by atoms with Gasteiger partial charge in [-0.3, -0.25) is 0 Å². The summed E-state index contributed by atoms with van der Waals surface area (Å²) in [7, 11) is 0. The first-order valence-corrected chi connectivity index (χ1v) is 5.92. The molecule has 1 nitrogen and oxygen atoms in total. The molecule has 0 aliphatic heterocycles. The molecule has 0 aromatic carbocycles. The van der Waals surface area contributed by atoms with E-state index in [2.05, 4.69) is 44.4 Å². The normalized spacial score (nSPS) is 12.5. The van der Waals surface area contributed by atoms with E-state index in [0.29, 0.717) is 0 Å². The zero-order chi connectivity index (χ0) is 10.1. The predicted octanol–water partition coefficient (Wildman–Crippen LogP) is 2.98. The van der Waals surface area contributed by atoms with Crippen molar-refractivity contribution in [1.29, 1.82) is 0 Å². The van der Waals surface area contributed by atoms with E-state index in [4.69, 9.17) is 0 Å². The Balaban J connectivity index is 3.88. The van der Waals surface area contributed by atoms with Crippen LogP contribution in [0.1, 0.15) is 33.6 Å². The van der Waals surface area contributed by atoms with E-state index in [1.165, 1.54) is 18.4 Å². The number of rotatable bonds is 7. The molecule has 0 rings (SSSR count). The quantitative estimate of drug-likeness (QED) is 0.489. The van der Waals surface area contributed by atoms with Gasteiger partial charge in [-0.15, -0.1) is 0 Å². The molecule has 78 valence electrons. The van der Waals surface area contributed by atoms with Crippen LogP contribution in [0.2, 0.25) is 0 Å². The number of likely N-dealkylation sites (N-methyl/N-ethyl adjacent to an activating group) is 1. The highest BCUT2D eigenvalue weighted by atomic mass is 32.1. The monoisotopic (exact) mass is 201 g/mol.